The first kappa shape index (κ1) is 28.7. The van der Waals surface area contributed by atoms with Crippen molar-refractivity contribution in [2.45, 2.75) is 126 Å². The fourth-order valence-electron chi connectivity index (χ4n) is 11.9. The monoisotopic (exact) mass is 563 g/mol. The smallest absolute Gasteiger partial charge is 0.261 e. The van der Waals surface area contributed by atoms with Gasteiger partial charge in [0.1, 0.15) is 0 Å². The first-order valence-corrected chi connectivity index (χ1v) is 17.1. The number of fused-ring (bicyclic) bond motifs is 7. The van der Waals surface area contributed by atoms with Gasteiger partial charge in [-0.1, -0.05) is 61.0 Å². The molecular formula is C36H53NO2S. The van der Waals surface area contributed by atoms with E-state index in [2.05, 4.69) is 73.7 Å². The van der Waals surface area contributed by atoms with Gasteiger partial charge in [-0.2, -0.15) is 0 Å². The third-order valence-electron chi connectivity index (χ3n) is 14.1. The molecule has 0 bridgehead atoms. The Bertz CT molecular complexity index is 1270. The zero-order valence-electron chi connectivity index (χ0n) is 26.6. The molecule has 0 aliphatic heterocycles. The van der Waals surface area contributed by atoms with Gasteiger partial charge in [0.25, 0.3) is 5.91 Å². The SMILES string of the molecule is Cc1ccc(C(=O)NC2CC[C@]3(C)[C@H]4CC[C@@H]5C6=C(C(C)C)C(=O)C[C@]6(C)CC[C@@]5(C)[C@]4(C)CC[C@H]3C2(C)C)s1. The molecule has 0 aromatic carbocycles. The van der Waals surface area contributed by atoms with E-state index >= 15 is 0 Å². The summed E-state index contributed by atoms with van der Waals surface area (Å²) >= 11 is 1.60. The summed E-state index contributed by atoms with van der Waals surface area (Å²) < 4.78 is 0. The van der Waals surface area contributed by atoms with Gasteiger partial charge in [0, 0.05) is 17.3 Å². The largest absolute Gasteiger partial charge is 0.348 e. The first-order valence-electron chi connectivity index (χ1n) is 16.2. The van der Waals surface area contributed by atoms with Crippen LogP contribution in [0.25, 0.3) is 0 Å². The molecule has 0 saturated heterocycles. The molecule has 0 radical (unpaired) electrons. The van der Waals surface area contributed by atoms with Gasteiger partial charge >= 0.3 is 0 Å². The van der Waals surface area contributed by atoms with Crippen molar-refractivity contribution in [2.75, 3.05) is 0 Å². The van der Waals surface area contributed by atoms with E-state index < -0.39 is 0 Å². The van der Waals surface area contributed by atoms with Crippen LogP contribution in [-0.2, 0) is 4.79 Å². The number of amides is 1. The molecule has 220 valence electrons. The molecule has 6 rings (SSSR count). The Hall–Kier alpha value is -1.42. The van der Waals surface area contributed by atoms with Gasteiger partial charge in [0.05, 0.1) is 4.88 Å². The van der Waals surface area contributed by atoms with Gasteiger partial charge in [-0.15, -0.1) is 11.3 Å². The number of hydrogen-bond donors (Lipinski definition) is 1. The molecular weight excluding hydrogens is 510 g/mol. The average molecular weight is 564 g/mol. The van der Waals surface area contributed by atoms with Crippen molar-refractivity contribution in [2.24, 2.45) is 50.7 Å². The van der Waals surface area contributed by atoms with E-state index in [-0.39, 0.29) is 39.0 Å². The normalized spacial score (nSPS) is 44.1. The number of nitrogens with one attached hydrogen (secondary N) is 1. The minimum Gasteiger partial charge on any atom is -0.348 e. The Kier molecular flexibility index (Phi) is 6.48. The second-order valence-electron chi connectivity index (χ2n) is 16.6. The van der Waals surface area contributed by atoms with Crippen LogP contribution in [0.2, 0.25) is 0 Å². The van der Waals surface area contributed by atoms with E-state index in [9.17, 15) is 9.59 Å². The minimum atomic E-state index is 0.0599. The van der Waals surface area contributed by atoms with E-state index in [0.717, 1.165) is 17.7 Å². The molecule has 5 aliphatic carbocycles. The van der Waals surface area contributed by atoms with Crippen molar-refractivity contribution in [3.8, 4) is 0 Å². The maximum Gasteiger partial charge on any atom is 0.261 e. The number of hydrogen-bond acceptors (Lipinski definition) is 3. The summed E-state index contributed by atoms with van der Waals surface area (Å²) in [6.45, 7) is 21.8. The standard InChI is InChI=1S/C36H53NO2S/c1-21(2)29-24(38)20-33(6)18-19-35(8)23(30(29)33)11-13-27-34(7)16-15-28(37-31(39)25-12-10-22(3)40-25)32(4,5)26(34)14-17-36(27,35)9/h10,12,21,23,26-28H,11,13-20H2,1-9H3,(H,37,39)/t23-,26+,27-,28?,33+,34+,35-,36-/m1/s1. The number of rotatable bonds is 3. The minimum absolute atomic E-state index is 0.0599. The lowest BCUT2D eigenvalue weighted by Gasteiger charge is -2.72. The summed E-state index contributed by atoms with van der Waals surface area (Å²) in [5.74, 6) is 2.73. The molecule has 3 nitrogen and oxygen atoms in total. The van der Waals surface area contributed by atoms with Gasteiger partial charge in [0.15, 0.2) is 5.78 Å². The Morgan fingerprint density at radius 3 is 2.27 bits per heavy atom. The van der Waals surface area contributed by atoms with Crippen molar-refractivity contribution in [1.29, 1.82) is 0 Å². The fraction of sp³-hybridized carbons (Fsp3) is 0.778. The van der Waals surface area contributed by atoms with Crippen LogP contribution in [0.15, 0.2) is 23.3 Å². The summed E-state index contributed by atoms with van der Waals surface area (Å²) in [5, 5.41) is 3.51. The molecule has 5 aliphatic rings. The van der Waals surface area contributed by atoms with Gasteiger partial charge in [-0.05, 0) is 127 Å². The lowest BCUT2D eigenvalue weighted by molar-refractivity contribution is -0.215. The Morgan fingerprint density at radius 1 is 0.900 bits per heavy atom. The Labute approximate surface area is 247 Å². The van der Waals surface area contributed by atoms with Crippen molar-refractivity contribution in [3.05, 3.63) is 33.0 Å². The molecule has 4 heteroatoms. The van der Waals surface area contributed by atoms with Gasteiger partial charge < -0.3 is 5.32 Å². The predicted molar refractivity (Wildman–Crippen MR) is 165 cm³/mol. The van der Waals surface area contributed by atoms with E-state index in [0.29, 0.717) is 29.5 Å². The molecule has 1 aromatic heterocycles. The van der Waals surface area contributed by atoms with Crippen molar-refractivity contribution in [3.63, 3.8) is 0 Å². The number of carbonyl (C=O) groups excluding carboxylic acids is 2. The molecule has 1 unspecified atom stereocenters. The van der Waals surface area contributed by atoms with Crippen LogP contribution in [0.4, 0.5) is 0 Å². The average Bonchev–Trinajstić information content (AvgIpc) is 3.41. The third-order valence-corrected chi connectivity index (χ3v) is 15.1. The topological polar surface area (TPSA) is 46.2 Å². The van der Waals surface area contributed by atoms with Crippen molar-refractivity contribution >= 4 is 23.0 Å². The molecule has 40 heavy (non-hydrogen) atoms. The number of ketones is 1. The lowest BCUT2D eigenvalue weighted by Crippen LogP contribution is -2.66. The number of carbonyl (C=O) groups is 2. The van der Waals surface area contributed by atoms with Crippen LogP contribution in [-0.4, -0.2) is 17.7 Å². The summed E-state index contributed by atoms with van der Waals surface area (Å²) in [6.07, 6.45) is 10.5. The van der Waals surface area contributed by atoms with Crippen molar-refractivity contribution in [1.82, 2.24) is 5.32 Å². The van der Waals surface area contributed by atoms with Crippen LogP contribution >= 0.6 is 11.3 Å². The second-order valence-corrected chi connectivity index (χ2v) is 17.8. The summed E-state index contributed by atoms with van der Waals surface area (Å²) in [4.78, 5) is 28.6. The molecule has 1 aromatic rings. The predicted octanol–water partition coefficient (Wildman–Crippen LogP) is 9.16. The van der Waals surface area contributed by atoms with Crippen LogP contribution < -0.4 is 5.32 Å². The first-order chi connectivity index (χ1) is 18.6. The van der Waals surface area contributed by atoms with Gasteiger partial charge in [-0.3, -0.25) is 9.59 Å². The fourth-order valence-corrected chi connectivity index (χ4v) is 12.7. The molecule has 8 atom stereocenters. The van der Waals surface area contributed by atoms with Gasteiger partial charge in [0.2, 0.25) is 0 Å². The second kappa shape index (κ2) is 9.04. The number of allylic oxidation sites excluding steroid dienone is 2. The summed E-state index contributed by atoms with van der Waals surface area (Å²) in [5.41, 5.74) is 3.75. The van der Waals surface area contributed by atoms with Crippen LogP contribution in [0.3, 0.4) is 0 Å². The maximum atomic E-state index is 13.4. The molecule has 1 heterocycles. The van der Waals surface area contributed by atoms with Crippen LogP contribution in [0.5, 0.6) is 0 Å². The van der Waals surface area contributed by atoms with Gasteiger partial charge in [-0.25, -0.2) is 0 Å². The Balaban J connectivity index is 1.31. The zero-order valence-corrected chi connectivity index (χ0v) is 27.4. The highest BCUT2D eigenvalue weighted by molar-refractivity contribution is 7.13. The zero-order chi connectivity index (χ0) is 29.0. The number of Topliss-reactive ketones (excluding diaryl/α,β-unsaturated/α-hetero) is 1. The molecule has 1 amide bonds. The lowest BCUT2D eigenvalue weighted by atomic mass is 9.33. The quantitative estimate of drug-likeness (QED) is 0.398. The molecule has 1 N–H and O–H groups in total. The van der Waals surface area contributed by atoms with E-state index in [1.807, 2.05) is 6.07 Å². The van der Waals surface area contributed by atoms with E-state index in [1.54, 1.807) is 16.9 Å². The maximum absolute atomic E-state index is 13.4. The highest BCUT2D eigenvalue weighted by atomic mass is 32.1. The van der Waals surface area contributed by atoms with E-state index in [4.69, 9.17) is 0 Å². The number of aryl methyl sites for hydroxylation is 1. The van der Waals surface area contributed by atoms with Crippen molar-refractivity contribution < 1.29 is 9.59 Å². The van der Waals surface area contributed by atoms with Crippen LogP contribution in [0.1, 0.15) is 128 Å². The number of thiophene rings is 1. The highest BCUT2D eigenvalue weighted by Gasteiger charge is 2.69. The van der Waals surface area contributed by atoms with Crippen LogP contribution in [0, 0.1) is 57.7 Å². The molecule has 4 fully saturated rings. The highest BCUT2D eigenvalue weighted by Crippen LogP contribution is 2.76. The summed E-state index contributed by atoms with van der Waals surface area (Å²) in [7, 11) is 0. The Morgan fingerprint density at radius 2 is 1.62 bits per heavy atom. The molecule has 4 saturated carbocycles. The molecule has 0 spiro atoms. The third kappa shape index (κ3) is 3.72. The van der Waals surface area contributed by atoms with E-state index in [1.165, 1.54) is 55.4 Å². The summed E-state index contributed by atoms with van der Waals surface area (Å²) in [6, 6.07) is 4.25.